The third kappa shape index (κ3) is 8.92. The predicted molar refractivity (Wildman–Crippen MR) is 129 cm³/mol. The van der Waals surface area contributed by atoms with Crippen LogP contribution in [0.4, 0.5) is 5.69 Å². The number of β-amino-alcohol motifs (C(OH)–C–C–N with tert-alkyl or cyclic N) is 1. The van der Waals surface area contributed by atoms with Gasteiger partial charge in [-0.3, -0.25) is 4.90 Å². The molecule has 1 aliphatic rings. The largest absolute Gasteiger partial charge is 0.492 e. The van der Waals surface area contributed by atoms with Gasteiger partial charge in [-0.15, -0.1) is 0 Å². The van der Waals surface area contributed by atoms with Crippen LogP contribution in [0.3, 0.4) is 0 Å². The van der Waals surface area contributed by atoms with Crippen molar-refractivity contribution in [3.05, 3.63) is 54.1 Å². The maximum atomic E-state index is 10.4. The molecule has 9 nitrogen and oxygen atoms in total. The summed E-state index contributed by atoms with van der Waals surface area (Å²) in [6.45, 7) is 9.45. The maximum absolute atomic E-state index is 10.4. The van der Waals surface area contributed by atoms with E-state index in [-0.39, 0.29) is 0 Å². The second-order valence-electron chi connectivity index (χ2n) is 7.76. The van der Waals surface area contributed by atoms with Crippen molar-refractivity contribution < 1.29 is 34.4 Å². The molecule has 1 atom stereocenters. The molecular formula is C25H34N2O7. The second-order valence-corrected chi connectivity index (χ2v) is 7.76. The van der Waals surface area contributed by atoms with Crippen LogP contribution in [0.5, 0.6) is 11.5 Å². The average molecular weight is 475 g/mol. The Morgan fingerprint density at radius 3 is 2.24 bits per heavy atom. The minimum Gasteiger partial charge on any atom is -0.492 e. The molecule has 186 valence electrons. The lowest BCUT2D eigenvalue weighted by molar-refractivity contribution is -0.159. The third-order valence-corrected chi connectivity index (χ3v) is 5.28. The van der Waals surface area contributed by atoms with Crippen LogP contribution < -0.4 is 14.4 Å². The lowest BCUT2D eigenvalue weighted by atomic mass is 10.2. The van der Waals surface area contributed by atoms with Gasteiger partial charge < -0.3 is 29.7 Å². The topological polar surface area (TPSA) is 120 Å². The van der Waals surface area contributed by atoms with E-state index in [1.54, 1.807) is 0 Å². The number of carboxylic acid groups (broad SMARTS) is 2. The van der Waals surface area contributed by atoms with Gasteiger partial charge in [-0.2, -0.15) is 0 Å². The Bertz CT molecular complexity index is 902. The second kappa shape index (κ2) is 14.1. The number of aliphatic carboxylic acids is 2. The Hall–Kier alpha value is -3.30. The molecule has 3 rings (SSSR count). The summed E-state index contributed by atoms with van der Waals surface area (Å²) in [6, 6.07) is 16.3. The van der Waals surface area contributed by atoms with E-state index in [1.807, 2.05) is 37.3 Å². The molecule has 1 fully saturated rings. The van der Waals surface area contributed by atoms with Crippen LogP contribution in [0, 0.1) is 0 Å². The van der Waals surface area contributed by atoms with Crippen molar-refractivity contribution in [3.8, 4) is 11.5 Å². The van der Waals surface area contributed by atoms with Crippen molar-refractivity contribution in [3.63, 3.8) is 0 Å². The molecule has 3 N–H and O–H groups in total. The van der Waals surface area contributed by atoms with Gasteiger partial charge in [-0.05, 0) is 43.2 Å². The SMILES string of the molecule is CCOc1ccccc1N1CCN(CC(O)COc2cccc(CC)c2)CC1.O=C(O)C(=O)O. The van der Waals surface area contributed by atoms with Gasteiger partial charge in [0.1, 0.15) is 24.2 Å². The highest BCUT2D eigenvalue weighted by Crippen LogP contribution is 2.28. The molecule has 1 heterocycles. The Balaban J connectivity index is 0.000000604. The highest BCUT2D eigenvalue weighted by molar-refractivity contribution is 6.27. The summed E-state index contributed by atoms with van der Waals surface area (Å²) >= 11 is 0. The number of nitrogens with zero attached hydrogens (tertiary/aromatic N) is 2. The summed E-state index contributed by atoms with van der Waals surface area (Å²) in [7, 11) is 0. The fourth-order valence-electron chi connectivity index (χ4n) is 3.57. The van der Waals surface area contributed by atoms with Crippen LogP contribution in [-0.4, -0.2) is 84.2 Å². The molecule has 34 heavy (non-hydrogen) atoms. The van der Waals surface area contributed by atoms with Crippen LogP contribution in [0.1, 0.15) is 19.4 Å². The molecule has 9 heteroatoms. The van der Waals surface area contributed by atoms with E-state index in [0.29, 0.717) is 19.8 Å². The summed E-state index contributed by atoms with van der Waals surface area (Å²) in [5.74, 6) is -1.87. The smallest absolute Gasteiger partial charge is 0.414 e. The number of para-hydroxylation sites is 2. The number of aliphatic hydroxyl groups is 1. The number of hydrogen-bond acceptors (Lipinski definition) is 7. The first-order valence-corrected chi connectivity index (χ1v) is 11.4. The average Bonchev–Trinajstić information content (AvgIpc) is 2.84. The highest BCUT2D eigenvalue weighted by Gasteiger charge is 2.21. The lowest BCUT2D eigenvalue weighted by Gasteiger charge is -2.37. The van der Waals surface area contributed by atoms with E-state index < -0.39 is 18.0 Å². The van der Waals surface area contributed by atoms with E-state index in [2.05, 4.69) is 34.9 Å². The zero-order valence-electron chi connectivity index (χ0n) is 19.7. The molecule has 0 spiro atoms. The first-order valence-electron chi connectivity index (χ1n) is 11.4. The van der Waals surface area contributed by atoms with Crippen molar-refractivity contribution in [2.24, 2.45) is 0 Å². The molecule has 0 radical (unpaired) electrons. The number of carboxylic acids is 2. The zero-order chi connectivity index (χ0) is 24.9. The van der Waals surface area contributed by atoms with Crippen LogP contribution in [0.25, 0.3) is 0 Å². The number of piperazine rings is 1. The fraction of sp³-hybridized carbons (Fsp3) is 0.440. The van der Waals surface area contributed by atoms with Crippen molar-refractivity contribution in [1.82, 2.24) is 4.90 Å². The van der Waals surface area contributed by atoms with E-state index in [4.69, 9.17) is 29.3 Å². The van der Waals surface area contributed by atoms with Crippen molar-refractivity contribution >= 4 is 17.6 Å². The number of aryl methyl sites for hydroxylation is 1. The number of rotatable bonds is 9. The van der Waals surface area contributed by atoms with Gasteiger partial charge >= 0.3 is 11.9 Å². The van der Waals surface area contributed by atoms with E-state index in [9.17, 15) is 5.11 Å². The number of ether oxygens (including phenoxy) is 2. The van der Waals surface area contributed by atoms with Crippen LogP contribution in [0.2, 0.25) is 0 Å². The molecule has 2 aromatic rings. The zero-order valence-corrected chi connectivity index (χ0v) is 19.7. The normalized spacial score (nSPS) is 14.5. The molecule has 0 amide bonds. The van der Waals surface area contributed by atoms with Crippen LogP contribution in [-0.2, 0) is 16.0 Å². The number of benzene rings is 2. The summed E-state index contributed by atoms with van der Waals surface area (Å²) in [5, 5.41) is 25.2. The van der Waals surface area contributed by atoms with Crippen molar-refractivity contribution in [2.75, 3.05) is 50.8 Å². The number of hydrogen-bond donors (Lipinski definition) is 3. The van der Waals surface area contributed by atoms with Gasteiger partial charge in [0.2, 0.25) is 0 Å². The molecular weight excluding hydrogens is 440 g/mol. The minimum atomic E-state index is -1.82. The Labute approximate surface area is 200 Å². The van der Waals surface area contributed by atoms with Gasteiger partial charge in [-0.1, -0.05) is 31.2 Å². The number of anilines is 1. The summed E-state index contributed by atoms with van der Waals surface area (Å²) in [4.78, 5) is 22.9. The maximum Gasteiger partial charge on any atom is 0.414 e. The number of carbonyl (C=O) groups is 2. The van der Waals surface area contributed by atoms with Gasteiger partial charge in [0.25, 0.3) is 0 Å². The summed E-state index contributed by atoms with van der Waals surface area (Å²) < 4.78 is 11.5. The van der Waals surface area contributed by atoms with Gasteiger partial charge in [0, 0.05) is 32.7 Å². The highest BCUT2D eigenvalue weighted by atomic mass is 16.5. The number of aliphatic hydroxyl groups excluding tert-OH is 1. The first-order chi connectivity index (χ1) is 16.3. The summed E-state index contributed by atoms with van der Waals surface area (Å²) in [6.07, 6.45) is 0.490. The molecule has 0 saturated carbocycles. The van der Waals surface area contributed by atoms with Crippen LogP contribution in [0.15, 0.2) is 48.5 Å². The van der Waals surface area contributed by atoms with Crippen molar-refractivity contribution in [1.29, 1.82) is 0 Å². The van der Waals surface area contributed by atoms with Crippen LogP contribution >= 0.6 is 0 Å². The summed E-state index contributed by atoms with van der Waals surface area (Å²) in [5.41, 5.74) is 2.40. The molecule has 0 aromatic heterocycles. The van der Waals surface area contributed by atoms with Gasteiger partial charge in [0.05, 0.1) is 12.3 Å². The molecule has 0 bridgehead atoms. The Morgan fingerprint density at radius 2 is 1.62 bits per heavy atom. The Morgan fingerprint density at radius 1 is 0.941 bits per heavy atom. The van der Waals surface area contributed by atoms with Crippen molar-refractivity contribution in [2.45, 2.75) is 26.4 Å². The quantitative estimate of drug-likeness (QED) is 0.471. The lowest BCUT2D eigenvalue weighted by Crippen LogP contribution is -2.49. The minimum absolute atomic E-state index is 0.320. The van der Waals surface area contributed by atoms with E-state index in [1.165, 1.54) is 5.56 Å². The standard InChI is InChI=1S/C23H32N2O3.C2H2O4/c1-3-19-8-7-9-21(16-19)28-18-20(26)17-24-12-14-25(15-13-24)22-10-5-6-11-23(22)27-4-2;3-1(4)2(5)6/h5-11,16,20,26H,3-4,12-15,17-18H2,1-2H3;(H,3,4)(H,5,6). The van der Waals surface area contributed by atoms with E-state index >= 15 is 0 Å². The Kier molecular flexibility index (Phi) is 11.2. The molecule has 2 aromatic carbocycles. The third-order valence-electron chi connectivity index (χ3n) is 5.28. The molecule has 0 aliphatic carbocycles. The molecule has 1 unspecified atom stereocenters. The fourth-order valence-corrected chi connectivity index (χ4v) is 3.57. The molecule has 1 aliphatic heterocycles. The first kappa shape index (κ1) is 26.9. The molecule has 1 saturated heterocycles. The predicted octanol–water partition coefficient (Wildman–Crippen LogP) is 2.37. The van der Waals surface area contributed by atoms with E-state index in [0.717, 1.165) is 49.8 Å². The van der Waals surface area contributed by atoms with Gasteiger partial charge in [0.15, 0.2) is 0 Å². The van der Waals surface area contributed by atoms with Gasteiger partial charge in [-0.25, -0.2) is 9.59 Å². The monoisotopic (exact) mass is 474 g/mol.